The molecule has 1 saturated carbocycles. The second-order valence-corrected chi connectivity index (χ2v) is 12.0. The molecule has 0 heterocycles. The first-order valence-corrected chi connectivity index (χ1v) is 13.1. The zero-order valence-electron chi connectivity index (χ0n) is 22.9. The van der Waals surface area contributed by atoms with Gasteiger partial charge < -0.3 is 10.2 Å². The van der Waals surface area contributed by atoms with Gasteiger partial charge in [0.2, 0.25) is 0 Å². The Labute approximate surface area is 212 Å². The molecule has 1 fully saturated rings. The molecular weight excluding hydrogens is 432 g/mol. The highest BCUT2D eigenvalue weighted by atomic mass is 16.3. The van der Waals surface area contributed by atoms with E-state index in [-0.39, 0.29) is 22.9 Å². The Morgan fingerprint density at radius 3 is 1.40 bits per heavy atom. The normalized spacial score (nSPS) is 19.3. The smallest absolute Gasteiger partial charge is 0.128 e. The summed E-state index contributed by atoms with van der Waals surface area (Å²) >= 11 is 0. The SMILES string of the molecule is CCc1cc(C=NC2CCCC2N=Cc2cc(CC)cc(C(C)(C)C)c2O)c(O)c(C(C)(C)C)c1. The van der Waals surface area contributed by atoms with Crippen LogP contribution in [0.25, 0.3) is 0 Å². The predicted molar refractivity (Wildman–Crippen MR) is 149 cm³/mol. The Kier molecular flexibility index (Phi) is 8.14. The van der Waals surface area contributed by atoms with Gasteiger partial charge in [0, 0.05) is 34.7 Å². The number of phenolic OH excluding ortho intramolecular Hbond substituents is 2. The number of phenols is 2. The van der Waals surface area contributed by atoms with Crippen molar-refractivity contribution in [3.63, 3.8) is 0 Å². The van der Waals surface area contributed by atoms with Gasteiger partial charge in [-0.05, 0) is 66.2 Å². The quantitative estimate of drug-likeness (QED) is 0.430. The first kappa shape index (κ1) is 27.0. The number of rotatable bonds is 6. The molecular formula is C31H44N2O2. The van der Waals surface area contributed by atoms with Gasteiger partial charge in [-0.25, -0.2) is 0 Å². The maximum absolute atomic E-state index is 11.0. The van der Waals surface area contributed by atoms with Crippen LogP contribution in [-0.2, 0) is 23.7 Å². The summed E-state index contributed by atoms with van der Waals surface area (Å²) in [5, 5.41) is 21.9. The van der Waals surface area contributed by atoms with Crippen molar-refractivity contribution in [2.75, 3.05) is 0 Å². The third-order valence-corrected chi connectivity index (χ3v) is 7.09. The van der Waals surface area contributed by atoms with Gasteiger partial charge in [-0.2, -0.15) is 0 Å². The zero-order valence-corrected chi connectivity index (χ0v) is 22.9. The van der Waals surface area contributed by atoms with E-state index in [1.165, 1.54) is 11.1 Å². The Morgan fingerprint density at radius 1 is 0.714 bits per heavy atom. The lowest BCUT2D eigenvalue weighted by molar-refractivity contribution is 0.444. The molecule has 4 heteroatoms. The van der Waals surface area contributed by atoms with Gasteiger partial charge in [-0.3, -0.25) is 9.98 Å². The van der Waals surface area contributed by atoms with E-state index in [1.807, 2.05) is 24.6 Å². The minimum atomic E-state index is -0.140. The maximum atomic E-state index is 11.0. The lowest BCUT2D eigenvalue weighted by Gasteiger charge is -2.23. The standard InChI is InChI=1S/C31H44N2O2/c1-9-20-14-22(28(34)24(16-20)30(3,4)5)18-32-26-12-11-13-27(26)33-19-23-15-21(10-2)17-25(29(23)35)31(6,7)8/h14-19,26-27,34-35H,9-13H2,1-8H3. The number of aromatic hydroxyl groups is 2. The molecule has 0 bridgehead atoms. The third-order valence-electron chi connectivity index (χ3n) is 7.09. The maximum Gasteiger partial charge on any atom is 0.128 e. The van der Waals surface area contributed by atoms with Crippen molar-refractivity contribution in [2.45, 2.75) is 110 Å². The topological polar surface area (TPSA) is 65.2 Å². The predicted octanol–water partition coefficient (Wildman–Crippen LogP) is 7.28. The molecule has 190 valence electrons. The monoisotopic (exact) mass is 476 g/mol. The van der Waals surface area contributed by atoms with Crippen molar-refractivity contribution in [1.29, 1.82) is 0 Å². The fourth-order valence-corrected chi connectivity index (χ4v) is 4.81. The van der Waals surface area contributed by atoms with E-state index in [0.717, 1.165) is 54.4 Å². The van der Waals surface area contributed by atoms with Crippen molar-refractivity contribution in [2.24, 2.45) is 9.98 Å². The Bertz CT molecular complexity index is 1010. The highest BCUT2D eigenvalue weighted by Gasteiger charge is 2.27. The van der Waals surface area contributed by atoms with Crippen LogP contribution in [0.2, 0.25) is 0 Å². The second-order valence-electron chi connectivity index (χ2n) is 12.0. The van der Waals surface area contributed by atoms with Gasteiger partial charge in [-0.15, -0.1) is 0 Å². The van der Waals surface area contributed by atoms with E-state index in [0.29, 0.717) is 11.5 Å². The van der Waals surface area contributed by atoms with Gasteiger partial charge in [0.1, 0.15) is 11.5 Å². The average molecular weight is 477 g/mol. The van der Waals surface area contributed by atoms with Crippen LogP contribution in [0.5, 0.6) is 11.5 Å². The summed E-state index contributed by atoms with van der Waals surface area (Å²) in [6.07, 6.45) is 8.55. The van der Waals surface area contributed by atoms with Crippen LogP contribution in [0.1, 0.15) is 108 Å². The minimum Gasteiger partial charge on any atom is -0.507 e. The van der Waals surface area contributed by atoms with Gasteiger partial charge in [0.15, 0.2) is 0 Å². The Balaban J connectivity index is 1.88. The molecule has 1 aliphatic rings. The van der Waals surface area contributed by atoms with E-state index >= 15 is 0 Å². The number of hydrogen-bond donors (Lipinski definition) is 2. The van der Waals surface area contributed by atoms with E-state index in [1.54, 1.807) is 0 Å². The fraction of sp³-hybridized carbons (Fsp3) is 0.548. The molecule has 2 atom stereocenters. The Hall–Kier alpha value is -2.62. The molecule has 0 spiro atoms. The summed E-state index contributed by atoms with van der Waals surface area (Å²) in [6, 6.07) is 8.46. The van der Waals surface area contributed by atoms with Gasteiger partial charge >= 0.3 is 0 Å². The summed E-state index contributed by atoms with van der Waals surface area (Å²) in [6.45, 7) is 17.0. The van der Waals surface area contributed by atoms with Crippen LogP contribution in [0.3, 0.4) is 0 Å². The number of hydrogen-bond acceptors (Lipinski definition) is 4. The molecule has 0 saturated heterocycles. The van der Waals surface area contributed by atoms with Crippen LogP contribution in [-0.4, -0.2) is 34.7 Å². The molecule has 35 heavy (non-hydrogen) atoms. The van der Waals surface area contributed by atoms with Crippen LogP contribution < -0.4 is 0 Å². The van der Waals surface area contributed by atoms with Gasteiger partial charge in [0.05, 0.1) is 12.1 Å². The van der Waals surface area contributed by atoms with E-state index in [2.05, 4.69) is 67.5 Å². The van der Waals surface area contributed by atoms with E-state index < -0.39 is 0 Å². The van der Waals surface area contributed by atoms with Gasteiger partial charge in [0.25, 0.3) is 0 Å². The lowest BCUT2D eigenvalue weighted by Crippen LogP contribution is -2.17. The first-order valence-electron chi connectivity index (χ1n) is 13.1. The molecule has 0 aromatic heterocycles. The third kappa shape index (κ3) is 6.34. The van der Waals surface area contributed by atoms with Gasteiger partial charge in [-0.1, -0.05) is 67.5 Å². The summed E-state index contributed by atoms with van der Waals surface area (Å²) in [4.78, 5) is 9.80. The molecule has 0 radical (unpaired) electrons. The molecule has 2 N–H and O–H groups in total. The molecule has 2 unspecified atom stereocenters. The molecule has 0 amide bonds. The zero-order chi connectivity index (χ0) is 26.0. The summed E-state index contributed by atoms with van der Waals surface area (Å²) in [7, 11) is 0. The number of aliphatic imine (C=N–C) groups is 2. The van der Waals surface area contributed by atoms with Crippen LogP contribution in [0.4, 0.5) is 0 Å². The second kappa shape index (κ2) is 10.6. The lowest BCUT2D eigenvalue weighted by atomic mass is 9.84. The number of nitrogens with zero attached hydrogens (tertiary/aromatic N) is 2. The average Bonchev–Trinajstić information content (AvgIpc) is 3.23. The van der Waals surface area contributed by atoms with Crippen molar-refractivity contribution in [1.82, 2.24) is 0 Å². The molecule has 0 aliphatic heterocycles. The summed E-state index contributed by atoms with van der Waals surface area (Å²) in [5.41, 5.74) is 5.62. The summed E-state index contributed by atoms with van der Waals surface area (Å²) in [5.74, 6) is 0.653. The van der Waals surface area contributed by atoms with Crippen LogP contribution in [0, 0.1) is 0 Å². The fourth-order valence-electron chi connectivity index (χ4n) is 4.81. The van der Waals surface area contributed by atoms with Crippen molar-refractivity contribution >= 4 is 12.4 Å². The van der Waals surface area contributed by atoms with Crippen molar-refractivity contribution in [3.8, 4) is 11.5 Å². The molecule has 4 nitrogen and oxygen atoms in total. The highest BCUT2D eigenvalue weighted by Crippen LogP contribution is 2.36. The van der Waals surface area contributed by atoms with Crippen molar-refractivity contribution in [3.05, 3.63) is 57.6 Å². The molecule has 1 aliphatic carbocycles. The molecule has 3 rings (SSSR count). The number of aryl methyl sites for hydroxylation is 2. The summed E-state index contributed by atoms with van der Waals surface area (Å²) < 4.78 is 0. The largest absolute Gasteiger partial charge is 0.507 e. The number of benzene rings is 2. The van der Waals surface area contributed by atoms with Crippen molar-refractivity contribution < 1.29 is 10.2 Å². The molecule has 2 aromatic carbocycles. The minimum absolute atomic E-state index is 0.0765. The van der Waals surface area contributed by atoms with E-state index in [4.69, 9.17) is 9.98 Å². The van der Waals surface area contributed by atoms with Crippen LogP contribution >= 0.6 is 0 Å². The van der Waals surface area contributed by atoms with Crippen LogP contribution in [0.15, 0.2) is 34.3 Å². The first-order chi connectivity index (χ1) is 16.3. The van der Waals surface area contributed by atoms with E-state index in [9.17, 15) is 10.2 Å². The molecule has 2 aromatic rings. The Morgan fingerprint density at radius 2 is 1.09 bits per heavy atom. The highest BCUT2D eigenvalue weighted by molar-refractivity contribution is 5.86.